The molecule has 3 aromatic rings. The molecular weight excluding hydrogens is 483 g/mol. The van der Waals surface area contributed by atoms with Crippen LogP contribution in [0.5, 0.6) is 11.5 Å². The monoisotopic (exact) mass is 512 g/mol. The Bertz CT molecular complexity index is 1090. The number of halogens is 2. The molecule has 0 aliphatic heterocycles. The van der Waals surface area contributed by atoms with Crippen molar-refractivity contribution in [3.05, 3.63) is 93.2 Å². The molecule has 3 nitrogen and oxygen atoms in total. The Hall–Kier alpha value is -2.66. The fourth-order valence-corrected chi connectivity index (χ4v) is 4.31. The van der Waals surface area contributed by atoms with E-state index >= 15 is 4.39 Å². The van der Waals surface area contributed by atoms with Gasteiger partial charge in [-0.05, 0) is 65.2 Å². The number of benzene rings is 3. The van der Waals surface area contributed by atoms with Gasteiger partial charge in [-0.15, -0.1) is 0 Å². The van der Waals surface area contributed by atoms with Gasteiger partial charge in [-0.1, -0.05) is 69.3 Å². The summed E-state index contributed by atoms with van der Waals surface area (Å²) in [5.74, 6) is -0.350. The molecule has 0 aliphatic rings. The highest BCUT2D eigenvalue weighted by atomic mass is 79.9. The predicted octanol–water partition coefficient (Wildman–Crippen LogP) is 8.06. The first-order chi connectivity index (χ1) is 15.7. The van der Waals surface area contributed by atoms with Gasteiger partial charge >= 0.3 is 5.97 Å². The molecule has 0 aromatic heterocycles. The zero-order valence-corrected chi connectivity index (χ0v) is 21.2. The Kier molecular flexibility index (Phi) is 8.30. The van der Waals surface area contributed by atoms with Crippen molar-refractivity contribution in [1.82, 2.24) is 0 Å². The molecule has 0 bridgehead atoms. The minimum absolute atomic E-state index is 0.0960. The highest BCUT2D eigenvalue weighted by Crippen LogP contribution is 2.39. The SMILES string of the molecule is Cc1c(F)c(CCCC(C)(C)C)c(Br)c(OCc2ccccc2)c1C(=O)Oc1ccccc1. The number of esters is 1. The van der Waals surface area contributed by atoms with Crippen LogP contribution >= 0.6 is 15.9 Å². The molecule has 0 aliphatic carbocycles. The van der Waals surface area contributed by atoms with Gasteiger partial charge < -0.3 is 9.47 Å². The van der Waals surface area contributed by atoms with Crippen LogP contribution in [0.1, 0.15) is 60.7 Å². The van der Waals surface area contributed by atoms with Crippen molar-refractivity contribution < 1.29 is 18.7 Å². The van der Waals surface area contributed by atoms with Gasteiger partial charge in [0.15, 0.2) is 0 Å². The van der Waals surface area contributed by atoms with Crippen molar-refractivity contribution in [1.29, 1.82) is 0 Å². The average Bonchev–Trinajstić information content (AvgIpc) is 2.78. The lowest BCUT2D eigenvalue weighted by Crippen LogP contribution is -2.16. The molecule has 0 fully saturated rings. The van der Waals surface area contributed by atoms with E-state index in [-0.39, 0.29) is 23.1 Å². The van der Waals surface area contributed by atoms with Gasteiger partial charge in [-0.3, -0.25) is 0 Å². The van der Waals surface area contributed by atoms with Crippen molar-refractivity contribution in [2.75, 3.05) is 0 Å². The summed E-state index contributed by atoms with van der Waals surface area (Å²) in [5, 5.41) is 0. The second kappa shape index (κ2) is 11.0. The number of rotatable bonds is 8. The number of ether oxygens (including phenoxy) is 2. The Morgan fingerprint density at radius 2 is 1.61 bits per heavy atom. The van der Waals surface area contributed by atoms with Crippen LogP contribution in [0, 0.1) is 18.2 Å². The Morgan fingerprint density at radius 1 is 1.00 bits per heavy atom. The lowest BCUT2D eigenvalue weighted by molar-refractivity contribution is 0.0728. The smallest absolute Gasteiger partial charge is 0.347 e. The molecule has 3 aromatic carbocycles. The van der Waals surface area contributed by atoms with Crippen LogP contribution in [-0.2, 0) is 13.0 Å². The van der Waals surface area contributed by atoms with E-state index in [0.717, 1.165) is 18.4 Å². The van der Waals surface area contributed by atoms with Gasteiger partial charge in [0.25, 0.3) is 0 Å². The third-order valence-corrected chi connectivity index (χ3v) is 6.24. The van der Waals surface area contributed by atoms with E-state index in [9.17, 15) is 4.79 Å². The van der Waals surface area contributed by atoms with E-state index in [1.807, 2.05) is 36.4 Å². The maximum absolute atomic E-state index is 15.5. The van der Waals surface area contributed by atoms with Crippen molar-refractivity contribution in [2.24, 2.45) is 5.41 Å². The van der Waals surface area contributed by atoms with Crippen LogP contribution in [0.25, 0.3) is 0 Å². The van der Waals surface area contributed by atoms with E-state index in [2.05, 4.69) is 36.7 Å². The fraction of sp³-hybridized carbons (Fsp3) is 0.321. The van der Waals surface area contributed by atoms with E-state index in [4.69, 9.17) is 9.47 Å². The van der Waals surface area contributed by atoms with Crippen LogP contribution in [0.2, 0.25) is 0 Å². The number of hydrogen-bond acceptors (Lipinski definition) is 3. The minimum Gasteiger partial charge on any atom is -0.487 e. The van der Waals surface area contributed by atoms with Crippen molar-refractivity contribution in [3.63, 3.8) is 0 Å². The fourth-order valence-electron chi connectivity index (χ4n) is 3.62. The molecule has 0 amide bonds. The van der Waals surface area contributed by atoms with Gasteiger partial charge in [0, 0.05) is 11.1 Å². The molecule has 0 saturated carbocycles. The summed E-state index contributed by atoms with van der Waals surface area (Å²) in [5.41, 5.74) is 1.95. The summed E-state index contributed by atoms with van der Waals surface area (Å²) in [4.78, 5) is 13.1. The standard InChI is InChI=1S/C28H30BrFO3/c1-19-23(27(31)33-21-14-9-6-10-15-21)26(32-18-20-12-7-5-8-13-20)24(29)22(25(19)30)16-11-17-28(2,3)4/h5-10,12-15H,11,16-18H2,1-4H3. The molecule has 0 spiro atoms. The highest BCUT2D eigenvalue weighted by molar-refractivity contribution is 9.10. The van der Waals surface area contributed by atoms with Gasteiger partial charge in [-0.25, -0.2) is 9.18 Å². The number of para-hydroxylation sites is 1. The van der Waals surface area contributed by atoms with Crippen LogP contribution in [0.4, 0.5) is 4.39 Å². The molecular formula is C28H30BrFO3. The quantitative estimate of drug-likeness (QED) is 0.226. The first kappa shape index (κ1) is 25.0. The Morgan fingerprint density at radius 3 is 2.21 bits per heavy atom. The zero-order chi connectivity index (χ0) is 24.0. The van der Waals surface area contributed by atoms with Gasteiger partial charge in [0.2, 0.25) is 0 Å². The maximum atomic E-state index is 15.5. The van der Waals surface area contributed by atoms with Gasteiger partial charge in [0.1, 0.15) is 29.5 Å². The third kappa shape index (κ3) is 6.67. The number of carbonyl (C=O) groups is 1. The maximum Gasteiger partial charge on any atom is 0.347 e. The van der Waals surface area contributed by atoms with E-state index < -0.39 is 11.8 Å². The van der Waals surface area contributed by atoms with Crippen molar-refractivity contribution >= 4 is 21.9 Å². The summed E-state index contributed by atoms with van der Waals surface area (Å²) in [6.45, 7) is 8.35. The van der Waals surface area contributed by atoms with Crippen molar-refractivity contribution in [2.45, 2.75) is 53.6 Å². The molecule has 0 heterocycles. The first-order valence-corrected chi connectivity index (χ1v) is 11.9. The number of hydrogen-bond donors (Lipinski definition) is 0. The summed E-state index contributed by atoms with van der Waals surface area (Å²) < 4.78 is 27.6. The molecule has 0 unspecified atom stereocenters. The third-order valence-electron chi connectivity index (χ3n) is 5.40. The lowest BCUT2D eigenvalue weighted by atomic mass is 9.88. The van der Waals surface area contributed by atoms with E-state index in [1.165, 1.54) is 0 Å². The normalized spacial score (nSPS) is 11.3. The van der Waals surface area contributed by atoms with E-state index in [1.54, 1.807) is 31.2 Å². The largest absolute Gasteiger partial charge is 0.487 e. The minimum atomic E-state index is -0.650. The molecule has 5 heteroatoms. The average molecular weight is 513 g/mol. The second-order valence-corrected chi connectivity index (χ2v) is 10.1. The zero-order valence-electron chi connectivity index (χ0n) is 19.6. The molecule has 174 valence electrons. The predicted molar refractivity (Wildman–Crippen MR) is 133 cm³/mol. The molecule has 3 rings (SSSR count). The second-order valence-electron chi connectivity index (χ2n) is 9.33. The molecule has 33 heavy (non-hydrogen) atoms. The van der Waals surface area contributed by atoms with Gasteiger partial charge in [-0.2, -0.15) is 0 Å². The lowest BCUT2D eigenvalue weighted by Gasteiger charge is -2.21. The Labute approximate surface area is 204 Å². The molecule has 0 N–H and O–H groups in total. The number of carbonyl (C=O) groups excluding carboxylic acids is 1. The first-order valence-electron chi connectivity index (χ1n) is 11.1. The summed E-state index contributed by atoms with van der Waals surface area (Å²) in [6, 6.07) is 18.4. The van der Waals surface area contributed by atoms with Crippen molar-refractivity contribution in [3.8, 4) is 11.5 Å². The topological polar surface area (TPSA) is 35.5 Å². The molecule has 0 radical (unpaired) electrons. The summed E-state index contributed by atoms with van der Waals surface area (Å²) >= 11 is 3.55. The van der Waals surface area contributed by atoms with Crippen LogP contribution in [0.15, 0.2) is 65.1 Å². The highest BCUT2D eigenvalue weighted by Gasteiger charge is 2.28. The van der Waals surface area contributed by atoms with Crippen LogP contribution < -0.4 is 9.47 Å². The molecule has 0 atom stereocenters. The summed E-state index contributed by atoms with van der Waals surface area (Å²) in [6.07, 6.45) is 2.32. The summed E-state index contributed by atoms with van der Waals surface area (Å²) in [7, 11) is 0. The van der Waals surface area contributed by atoms with Crippen LogP contribution in [-0.4, -0.2) is 5.97 Å². The van der Waals surface area contributed by atoms with Crippen LogP contribution in [0.3, 0.4) is 0 Å². The van der Waals surface area contributed by atoms with E-state index in [0.29, 0.717) is 28.0 Å². The molecule has 0 saturated heterocycles. The van der Waals surface area contributed by atoms with Gasteiger partial charge in [0.05, 0.1) is 4.47 Å². The Balaban J connectivity index is 1.99.